The van der Waals surface area contributed by atoms with Crippen LogP contribution in [0.1, 0.15) is 10.4 Å². The number of carbonyl (C=O) groups excluding carboxylic acids is 1. The van der Waals surface area contributed by atoms with Crippen molar-refractivity contribution in [2.24, 2.45) is 0 Å². The van der Waals surface area contributed by atoms with Crippen molar-refractivity contribution in [1.82, 2.24) is 10.2 Å². The number of halogens is 4. The lowest BCUT2D eigenvalue weighted by Gasteiger charge is -2.08. The highest BCUT2D eigenvalue weighted by molar-refractivity contribution is 14.1. The zero-order valence-corrected chi connectivity index (χ0v) is 12.8. The molecule has 2 rings (SSSR count). The van der Waals surface area contributed by atoms with E-state index in [1.54, 1.807) is 0 Å². The maximum Gasteiger partial charge on any atom is 0.259 e. The molecule has 4 nitrogen and oxygen atoms in total. The number of benzene rings is 1. The molecule has 0 fully saturated rings. The first kappa shape index (κ1) is 14.4. The molecular weight excluding hydrogens is 407 g/mol. The van der Waals surface area contributed by atoms with Gasteiger partial charge in [-0.25, -0.2) is 4.39 Å². The summed E-state index contributed by atoms with van der Waals surface area (Å²) in [5.74, 6) is -0.875. The molecule has 1 aromatic heterocycles. The molecule has 2 aromatic rings. The van der Waals surface area contributed by atoms with Crippen molar-refractivity contribution in [2.45, 2.75) is 0 Å². The topological polar surface area (TPSA) is 54.9 Å². The van der Waals surface area contributed by atoms with Gasteiger partial charge >= 0.3 is 0 Å². The fraction of sp³-hybridized carbons (Fsp3) is 0. The molecule has 0 bridgehead atoms. The first-order valence-electron chi connectivity index (χ1n) is 4.92. The first-order valence-corrected chi connectivity index (χ1v) is 6.76. The maximum atomic E-state index is 13.0. The van der Waals surface area contributed by atoms with Crippen molar-refractivity contribution in [3.8, 4) is 0 Å². The molecule has 8 heteroatoms. The van der Waals surface area contributed by atoms with Crippen LogP contribution in [0.15, 0.2) is 24.3 Å². The highest BCUT2D eigenvalue weighted by Gasteiger charge is 2.14. The summed E-state index contributed by atoms with van der Waals surface area (Å²) < 4.78 is 13.5. The summed E-state index contributed by atoms with van der Waals surface area (Å²) in [6, 6.07) is 5.31. The van der Waals surface area contributed by atoms with E-state index in [-0.39, 0.29) is 21.7 Å². The van der Waals surface area contributed by atoms with Crippen molar-refractivity contribution in [3.63, 3.8) is 0 Å². The van der Waals surface area contributed by atoms with Gasteiger partial charge in [0.05, 0.1) is 11.3 Å². The lowest BCUT2D eigenvalue weighted by Crippen LogP contribution is -2.14. The summed E-state index contributed by atoms with van der Waals surface area (Å²) in [6.07, 6.45) is 0. The molecule has 0 spiro atoms. The lowest BCUT2D eigenvalue weighted by atomic mass is 10.2. The van der Waals surface area contributed by atoms with Gasteiger partial charge in [0, 0.05) is 3.57 Å². The third-order valence-electron chi connectivity index (χ3n) is 2.14. The van der Waals surface area contributed by atoms with Gasteiger partial charge in [-0.05, 0) is 46.9 Å². The van der Waals surface area contributed by atoms with Gasteiger partial charge in [-0.3, -0.25) is 4.79 Å². The molecule has 1 amide bonds. The van der Waals surface area contributed by atoms with Crippen LogP contribution in [0, 0.1) is 9.39 Å². The van der Waals surface area contributed by atoms with E-state index < -0.39 is 5.91 Å². The number of carbonyl (C=O) groups is 1. The van der Waals surface area contributed by atoms with Gasteiger partial charge in [0.25, 0.3) is 5.91 Å². The number of amides is 1. The minimum Gasteiger partial charge on any atom is -0.321 e. The Bertz CT molecular complexity index is 654. The van der Waals surface area contributed by atoms with Crippen molar-refractivity contribution in [2.75, 3.05) is 5.32 Å². The Morgan fingerprint density at radius 1 is 1.26 bits per heavy atom. The maximum absolute atomic E-state index is 13.0. The molecule has 0 aliphatic heterocycles. The van der Waals surface area contributed by atoms with Gasteiger partial charge in [0.2, 0.25) is 0 Å². The summed E-state index contributed by atoms with van der Waals surface area (Å²) in [5, 5.41) is 9.65. The smallest absolute Gasteiger partial charge is 0.259 e. The van der Waals surface area contributed by atoms with Crippen LogP contribution in [-0.2, 0) is 0 Å². The van der Waals surface area contributed by atoms with Crippen LogP contribution in [0.25, 0.3) is 0 Å². The van der Waals surface area contributed by atoms with Crippen molar-refractivity contribution < 1.29 is 9.18 Å². The highest BCUT2D eigenvalue weighted by atomic mass is 127. The Labute approximate surface area is 131 Å². The minimum absolute atomic E-state index is 0.0565. The van der Waals surface area contributed by atoms with E-state index in [1.165, 1.54) is 24.3 Å². The Morgan fingerprint density at radius 3 is 2.68 bits per heavy atom. The van der Waals surface area contributed by atoms with E-state index in [1.807, 2.05) is 22.6 Å². The number of nitrogens with zero attached hydrogens (tertiary/aromatic N) is 2. The van der Waals surface area contributed by atoms with Gasteiger partial charge in [-0.1, -0.05) is 23.2 Å². The molecule has 0 saturated heterocycles. The average molecular weight is 412 g/mol. The molecule has 1 N–H and O–H groups in total. The third kappa shape index (κ3) is 3.52. The van der Waals surface area contributed by atoms with Crippen LogP contribution in [-0.4, -0.2) is 16.1 Å². The SMILES string of the molecule is O=C(Nc1ccc(F)cc1I)c1cc(Cl)nnc1Cl. The second kappa shape index (κ2) is 5.98. The number of nitrogens with one attached hydrogen (secondary N) is 1. The average Bonchev–Trinajstić information content (AvgIpc) is 2.35. The lowest BCUT2D eigenvalue weighted by molar-refractivity contribution is 0.102. The summed E-state index contributed by atoms with van der Waals surface area (Å²) in [5.41, 5.74) is 0.567. The molecule has 1 aromatic carbocycles. The van der Waals surface area contributed by atoms with Crippen LogP contribution in [0.2, 0.25) is 10.3 Å². The third-order valence-corrected chi connectivity index (χ3v) is 3.50. The summed E-state index contributed by atoms with van der Waals surface area (Å²) >= 11 is 13.3. The van der Waals surface area contributed by atoms with Gasteiger partial charge < -0.3 is 5.32 Å². The number of hydrogen-bond donors (Lipinski definition) is 1. The zero-order chi connectivity index (χ0) is 14.0. The van der Waals surface area contributed by atoms with E-state index in [0.29, 0.717) is 9.26 Å². The Kier molecular flexibility index (Phi) is 4.54. The molecule has 0 aliphatic carbocycles. The second-order valence-corrected chi connectivity index (χ2v) is 5.36. The molecular formula is C11H5Cl2FIN3O. The predicted molar refractivity (Wildman–Crippen MR) is 79.1 cm³/mol. The van der Waals surface area contributed by atoms with Crippen LogP contribution in [0.5, 0.6) is 0 Å². The van der Waals surface area contributed by atoms with E-state index >= 15 is 0 Å². The zero-order valence-electron chi connectivity index (χ0n) is 9.12. The van der Waals surface area contributed by atoms with Gasteiger partial charge in [0.1, 0.15) is 5.82 Å². The molecule has 0 saturated carbocycles. The van der Waals surface area contributed by atoms with Crippen LogP contribution in [0.3, 0.4) is 0 Å². The van der Waals surface area contributed by atoms with Crippen molar-refractivity contribution in [1.29, 1.82) is 0 Å². The number of rotatable bonds is 2. The van der Waals surface area contributed by atoms with E-state index in [0.717, 1.165) is 0 Å². The molecule has 0 radical (unpaired) electrons. The van der Waals surface area contributed by atoms with E-state index in [9.17, 15) is 9.18 Å². The largest absolute Gasteiger partial charge is 0.321 e. The number of anilines is 1. The fourth-order valence-electron chi connectivity index (χ4n) is 1.29. The predicted octanol–water partition coefficient (Wildman–Crippen LogP) is 3.78. The second-order valence-electron chi connectivity index (χ2n) is 3.45. The Balaban J connectivity index is 2.28. The van der Waals surface area contributed by atoms with Gasteiger partial charge in [-0.2, -0.15) is 0 Å². The minimum atomic E-state index is -0.494. The molecule has 0 atom stereocenters. The molecule has 98 valence electrons. The van der Waals surface area contributed by atoms with Crippen LogP contribution in [0.4, 0.5) is 10.1 Å². The van der Waals surface area contributed by atoms with Gasteiger partial charge in [-0.15, -0.1) is 10.2 Å². The fourth-order valence-corrected chi connectivity index (χ4v) is 2.23. The highest BCUT2D eigenvalue weighted by Crippen LogP contribution is 2.22. The summed E-state index contributed by atoms with van der Waals surface area (Å²) in [6.45, 7) is 0. The number of hydrogen-bond acceptors (Lipinski definition) is 3. The Morgan fingerprint density at radius 2 is 2.00 bits per heavy atom. The summed E-state index contributed by atoms with van der Waals surface area (Å²) in [7, 11) is 0. The normalized spacial score (nSPS) is 10.3. The standard InChI is InChI=1S/C11H5Cl2FIN3O/c12-9-4-6(10(13)18-17-9)11(19)16-8-2-1-5(14)3-7(8)15/h1-4H,(H,16,19). The Hall–Kier alpha value is -0.990. The molecule has 0 unspecified atom stereocenters. The van der Waals surface area contributed by atoms with Gasteiger partial charge in [0.15, 0.2) is 10.3 Å². The molecule has 0 aliphatic rings. The van der Waals surface area contributed by atoms with E-state index in [2.05, 4.69) is 15.5 Å². The van der Waals surface area contributed by atoms with Crippen LogP contribution < -0.4 is 5.32 Å². The van der Waals surface area contributed by atoms with Crippen LogP contribution >= 0.6 is 45.8 Å². The van der Waals surface area contributed by atoms with Crippen molar-refractivity contribution >= 4 is 57.4 Å². The molecule has 1 heterocycles. The first-order chi connectivity index (χ1) is 8.97. The number of aromatic nitrogens is 2. The monoisotopic (exact) mass is 411 g/mol. The quantitative estimate of drug-likeness (QED) is 0.765. The van der Waals surface area contributed by atoms with E-state index in [4.69, 9.17) is 23.2 Å². The summed E-state index contributed by atoms with van der Waals surface area (Å²) in [4.78, 5) is 12.0. The van der Waals surface area contributed by atoms with Crippen molar-refractivity contribution in [3.05, 3.63) is 49.5 Å². The molecule has 19 heavy (non-hydrogen) atoms.